The van der Waals surface area contributed by atoms with E-state index in [0.29, 0.717) is 14.8 Å². The van der Waals surface area contributed by atoms with Crippen molar-refractivity contribution in [3.05, 3.63) is 56.1 Å². The second kappa shape index (κ2) is 5.71. The minimum atomic E-state index is -0.256. The van der Waals surface area contributed by atoms with E-state index in [1.807, 2.05) is 40.8 Å². The second-order valence-electron chi connectivity index (χ2n) is 3.60. The van der Waals surface area contributed by atoms with Gasteiger partial charge >= 0.3 is 0 Å². The number of benzene rings is 2. The maximum atomic E-state index is 12.0. The number of aromatic hydroxyl groups is 1. The van der Waals surface area contributed by atoms with E-state index in [1.54, 1.807) is 18.2 Å². The molecule has 0 aliphatic carbocycles. The lowest BCUT2D eigenvalue weighted by Crippen LogP contribution is -2.12. The third kappa shape index (κ3) is 3.02. The van der Waals surface area contributed by atoms with Crippen molar-refractivity contribution in [2.45, 2.75) is 0 Å². The topological polar surface area (TPSA) is 49.3 Å². The van der Waals surface area contributed by atoms with E-state index in [9.17, 15) is 9.90 Å². The highest BCUT2D eigenvalue weighted by atomic mass is 127. The summed E-state index contributed by atoms with van der Waals surface area (Å²) < 4.78 is 1.53. The van der Waals surface area contributed by atoms with Gasteiger partial charge in [-0.15, -0.1) is 0 Å². The summed E-state index contributed by atoms with van der Waals surface area (Å²) in [6, 6.07) is 12.2. The predicted molar refractivity (Wildman–Crippen MR) is 82.9 cm³/mol. The highest BCUT2D eigenvalue weighted by Crippen LogP contribution is 2.24. The van der Waals surface area contributed by atoms with Crippen molar-refractivity contribution in [1.29, 1.82) is 0 Å². The fourth-order valence-corrected chi connectivity index (χ4v) is 2.13. The number of nitrogens with one attached hydrogen (secondary N) is 1. The van der Waals surface area contributed by atoms with Crippen LogP contribution < -0.4 is 5.32 Å². The molecule has 2 aromatic rings. The molecule has 0 unspecified atom stereocenters. The van der Waals surface area contributed by atoms with Gasteiger partial charge in [0.15, 0.2) is 0 Å². The Morgan fingerprint density at radius 1 is 1.22 bits per heavy atom. The number of carbonyl (C=O) groups excluding carboxylic acids is 1. The third-order valence-electron chi connectivity index (χ3n) is 2.33. The van der Waals surface area contributed by atoms with Gasteiger partial charge in [-0.2, -0.15) is 0 Å². The summed E-state index contributed by atoms with van der Waals surface area (Å²) in [6.07, 6.45) is 0. The Bertz CT molecular complexity index is 601. The summed E-state index contributed by atoms with van der Waals surface area (Å²) in [7, 11) is 0. The molecule has 0 fully saturated rings. The van der Waals surface area contributed by atoms with Gasteiger partial charge in [0.1, 0.15) is 5.75 Å². The second-order valence-corrected chi connectivity index (χ2v) is 5.62. The van der Waals surface area contributed by atoms with Gasteiger partial charge in [-0.1, -0.05) is 12.1 Å². The van der Waals surface area contributed by atoms with Gasteiger partial charge < -0.3 is 10.4 Å². The van der Waals surface area contributed by atoms with Crippen LogP contribution in [0.25, 0.3) is 0 Å². The van der Waals surface area contributed by atoms with Crippen LogP contribution in [0.1, 0.15) is 10.4 Å². The summed E-state index contributed by atoms with van der Waals surface area (Å²) in [5.41, 5.74) is 1.12. The van der Waals surface area contributed by atoms with Gasteiger partial charge in [-0.05, 0) is 68.9 Å². The van der Waals surface area contributed by atoms with Crippen LogP contribution in [0, 0.1) is 3.57 Å². The Morgan fingerprint density at radius 3 is 2.61 bits per heavy atom. The first-order chi connectivity index (χ1) is 8.58. The van der Waals surface area contributed by atoms with Gasteiger partial charge in [0.05, 0.1) is 9.26 Å². The first kappa shape index (κ1) is 13.4. The zero-order chi connectivity index (χ0) is 13.1. The number of anilines is 1. The van der Waals surface area contributed by atoms with E-state index in [1.165, 1.54) is 6.07 Å². The van der Waals surface area contributed by atoms with Gasteiger partial charge in [0, 0.05) is 10.0 Å². The molecular weight excluding hydrogens is 409 g/mol. The summed E-state index contributed by atoms with van der Waals surface area (Å²) in [5, 5.41) is 12.3. The van der Waals surface area contributed by atoms with E-state index < -0.39 is 0 Å². The number of phenols is 1. The lowest BCUT2D eigenvalue weighted by atomic mass is 10.2. The SMILES string of the molecule is O=C(Nc1ccccc1Br)c1ccc(I)c(O)c1. The molecule has 0 atom stereocenters. The normalized spacial score (nSPS) is 10.1. The Hall–Kier alpha value is -1.08. The fraction of sp³-hybridized carbons (Fsp3) is 0. The van der Waals surface area contributed by atoms with E-state index in [-0.39, 0.29) is 11.7 Å². The van der Waals surface area contributed by atoms with Gasteiger partial charge in [0.2, 0.25) is 0 Å². The van der Waals surface area contributed by atoms with Crippen molar-refractivity contribution < 1.29 is 9.90 Å². The molecule has 0 heterocycles. The Labute approximate surface area is 126 Å². The highest BCUT2D eigenvalue weighted by Gasteiger charge is 2.09. The Morgan fingerprint density at radius 2 is 1.94 bits per heavy atom. The zero-order valence-electron chi connectivity index (χ0n) is 9.15. The summed E-state index contributed by atoms with van der Waals surface area (Å²) in [5.74, 6) is -0.149. The molecule has 0 saturated heterocycles. The molecule has 18 heavy (non-hydrogen) atoms. The molecule has 2 aromatic carbocycles. The monoisotopic (exact) mass is 417 g/mol. The van der Waals surface area contributed by atoms with E-state index in [0.717, 1.165) is 4.47 Å². The largest absolute Gasteiger partial charge is 0.507 e. The van der Waals surface area contributed by atoms with Crippen LogP contribution in [-0.4, -0.2) is 11.0 Å². The standard InChI is InChI=1S/C13H9BrINO2/c14-9-3-1-2-4-11(9)16-13(18)8-5-6-10(15)12(17)7-8/h1-7,17H,(H,16,18). The first-order valence-corrected chi connectivity index (χ1v) is 6.99. The minimum absolute atomic E-state index is 0.107. The van der Waals surface area contributed by atoms with Crippen LogP contribution in [0.2, 0.25) is 0 Å². The molecule has 0 bridgehead atoms. The summed E-state index contributed by atoms with van der Waals surface area (Å²) in [4.78, 5) is 12.0. The molecule has 92 valence electrons. The Balaban J connectivity index is 2.22. The summed E-state index contributed by atoms with van der Waals surface area (Å²) in [6.45, 7) is 0. The molecule has 3 nitrogen and oxygen atoms in total. The Kier molecular flexibility index (Phi) is 4.23. The molecule has 1 amide bonds. The van der Waals surface area contributed by atoms with Crippen molar-refractivity contribution in [3.63, 3.8) is 0 Å². The highest BCUT2D eigenvalue weighted by molar-refractivity contribution is 14.1. The molecule has 0 spiro atoms. The van der Waals surface area contributed by atoms with Crippen LogP contribution in [0.5, 0.6) is 5.75 Å². The maximum Gasteiger partial charge on any atom is 0.255 e. The van der Waals surface area contributed by atoms with Gasteiger partial charge in [-0.25, -0.2) is 0 Å². The van der Waals surface area contributed by atoms with Crippen molar-refractivity contribution >= 4 is 50.1 Å². The average molecular weight is 418 g/mol. The number of carbonyl (C=O) groups is 1. The maximum absolute atomic E-state index is 12.0. The molecule has 0 aromatic heterocycles. The molecule has 0 radical (unpaired) electrons. The molecule has 0 aliphatic heterocycles. The number of hydrogen-bond donors (Lipinski definition) is 2. The number of hydrogen-bond acceptors (Lipinski definition) is 2. The zero-order valence-corrected chi connectivity index (χ0v) is 12.9. The molecule has 0 saturated carbocycles. The van der Waals surface area contributed by atoms with Crippen molar-refractivity contribution in [3.8, 4) is 5.75 Å². The van der Waals surface area contributed by atoms with E-state index in [4.69, 9.17) is 0 Å². The molecule has 2 rings (SSSR count). The first-order valence-electron chi connectivity index (χ1n) is 5.12. The number of amides is 1. The minimum Gasteiger partial charge on any atom is -0.507 e. The van der Waals surface area contributed by atoms with Crippen LogP contribution in [-0.2, 0) is 0 Å². The smallest absolute Gasteiger partial charge is 0.255 e. The molecule has 2 N–H and O–H groups in total. The lowest BCUT2D eigenvalue weighted by Gasteiger charge is -2.07. The van der Waals surface area contributed by atoms with Crippen LogP contribution >= 0.6 is 38.5 Å². The van der Waals surface area contributed by atoms with Crippen LogP contribution in [0.4, 0.5) is 5.69 Å². The van der Waals surface area contributed by atoms with Crippen molar-refractivity contribution in [2.24, 2.45) is 0 Å². The number of phenolic OH excluding ortho intramolecular Hbond substituents is 1. The third-order valence-corrected chi connectivity index (χ3v) is 3.93. The van der Waals surface area contributed by atoms with Crippen molar-refractivity contribution in [2.75, 3.05) is 5.32 Å². The number of halogens is 2. The summed E-state index contributed by atoms with van der Waals surface area (Å²) >= 11 is 5.36. The molecule has 5 heteroatoms. The molecule has 0 aliphatic rings. The lowest BCUT2D eigenvalue weighted by molar-refractivity contribution is 0.102. The quantitative estimate of drug-likeness (QED) is 0.725. The van der Waals surface area contributed by atoms with Crippen LogP contribution in [0.15, 0.2) is 46.9 Å². The van der Waals surface area contributed by atoms with Crippen molar-refractivity contribution in [1.82, 2.24) is 0 Å². The molecular formula is C13H9BrINO2. The average Bonchev–Trinajstić information content (AvgIpc) is 2.35. The number of rotatable bonds is 2. The van der Waals surface area contributed by atoms with Crippen LogP contribution in [0.3, 0.4) is 0 Å². The fourth-order valence-electron chi connectivity index (χ4n) is 1.41. The number of para-hydroxylation sites is 1. The van der Waals surface area contributed by atoms with E-state index >= 15 is 0 Å². The van der Waals surface area contributed by atoms with Gasteiger partial charge in [0.25, 0.3) is 5.91 Å². The van der Waals surface area contributed by atoms with Gasteiger partial charge in [-0.3, -0.25) is 4.79 Å². The van der Waals surface area contributed by atoms with E-state index in [2.05, 4.69) is 21.2 Å². The predicted octanol–water partition coefficient (Wildman–Crippen LogP) is 4.01.